The van der Waals surface area contributed by atoms with E-state index in [1.54, 1.807) is 31.2 Å². The molecular formula is C28H31N3O5. The molecule has 0 aliphatic rings. The molecule has 0 saturated heterocycles. The van der Waals surface area contributed by atoms with E-state index in [4.69, 9.17) is 15.2 Å². The largest absolute Gasteiger partial charge is 0.466 e. The van der Waals surface area contributed by atoms with Crippen molar-refractivity contribution in [3.8, 4) is 11.5 Å². The molecule has 0 radical (unpaired) electrons. The van der Waals surface area contributed by atoms with E-state index in [2.05, 4.69) is 10.6 Å². The lowest BCUT2D eigenvalue weighted by molar-refractivity contribution is -0.143. The van der Waals surface area contributed by atoms with Crippen LogP contribution in [0.2, 0.25) is 0 Å². The van der Waals surface area contributed by atoms with E-state index in [1.807, 2.05) is 54.6 Å². The maximum Gasteiger partial charge on any atom is 0.307 e. The molecule has 3 aromatic carbocycles. The van der Waals surface area contributed by atoms with Crippen molar-refractivity contribution < 1.29 is 23.9 Å². The lowest BCUT2D eigenvalue weighted by Gasteiger charge is -2.19. The fraction of sp³-hybridized carbons (Fsp3) is 0.250. The smallest absolute Gasteiger partial charge is 0.307 e. The SMILES string of the molecule is CCOC(=O)CCNC(=O)C(Cc1cccc(Oc2ccccc2)c1)NC(=O)c1ccc(CN)cc1. The summed E-state index contributed by atoms with van der Waals surface area (Å²) in [6.45, 7) is 2.47. The number of nitrogens with one attached hydrogen (secondary N) is 2. The van der Waals surface area contributed by atoms with Crippen molar-refractivity contribution in [3.63, 3.8) is 0 Å². The number of hydrogen-bond acceptors (Lipinski definition) is 6. The van der Waals surface area contributed by atoms with Crippen LogP contribution in [0.25, 0.3) is 0 Å². The summed E-state index contributed by atoms with van der Waals surface area (Å²) in [4.78, 5) is 37.5. The molecule has 1 atom stereocenters. The average Bonchev–Trinajstić information content (AvgIpc) is 2.89. The van der Waals surface area contributed by atoms with Gasteiger partial charge in [0.15, 0.2) is 0 Å². The Morgan fingerprint density at radius 3 is 2.31 bits per heavy atom. The first-order valence-electron chi connectivity index (χ1n) is 11.8. The Bertz CT molecular complexity index is 1150. The standard InChI is InChI=1S/C28H31N3O5/c1-2-35-26(32)15-16-30-28(34)25(31-27(33)22-13-11-20(19-29)12-14-22)18-21-7-6-10-24(17-21)36-23-8-4-3-5-9-23/h3-14,17,25H,2,15-16,18-19,29H2,1H3,(H,30,34)(H,31,33). The molecule has 2 amide bonds. The van der Waals surface area contributed by atoms with E-state index in [0.717, 1.165) is 11.1 Å². The highest BCUT2D eigenvalue weighted by Gasteiger charge is 2.22. The molecule has 1 unspecified atom stereocenters. The molecule has 0 spiro atoms. The molecule has 0 saturated carbocycles. The minimum atomic E-state index is -0.874. The van der Waals surface area contributed by atoms with Gasteiger partial charge in [-0.1, -0.05) is 42.5 Å². The number of ether oxygens (including phenoxy) is 2. The van der Waals surface area contributed by atoms with Gasteiger partial charge in [0, 0.05) is 25.1 Å². The molecule has 188 valence electrons. The van der Waals surface area contributed by atoms with Crippen LogP contribution in [0.3, 0.4) is 0 Å². The Morgan fingerprint density at radius 2 is 1.61 bits per heavy atom. The fourth-order valence-electron chi connectivity index (χ4n) is 3.48. The van der Waals surface area contributed by atoms with Crippen LogP contribution in [-0.2, 0) is 27.3 Å². The normalized spacial score (nSPS) is 11.3. The van der Waals surface area contributed by atoms with Gasteiger partial charge in [0.1, 0.15) is 17.5 Å². The van der Waals surface area contributed by atoms with Gasteiger partial charge >= 0.3 is 5.97 Å². The zero-order chi connectivity index (χ0) is 25.8. The number of rotatable bonds is 12. The summed E-state index contributed by atoms with van der Waals surface area (Å²) in [6.07, 6.45) is 0.269. The zero-order valence-corrected chi connectivity index (χ0v) is 20.2. The average molecular weight is 490 g/mol. The zero-order valence-electron chi connectivity index (χ0n) is 20.2. The molecule has 0 aliphatic carbocycles. The van der Waals surface area contributed by atoms with Crippen LogP contribution in [0.15, 0.2) is 78.9 Å². The quantitative estimate of drug-likeness (QED) is 0.336. The number of nitrogens with two attached hydrogens (primary N) is 1. The van der Waals surface area contributed by atoms with Crippen molar-refractivity contribution in [3.05, 3.63) is 95.6 Å². The number of carbonyl (C=O) groups excluding carboxylic acids is 3. The summed E-state index contributed by atoms with van der Waals surface area (Å²) < 4.78 is 10.8. The first-order valence-corrected chi connectivity index (χ1v) is 11.8. The lowest BCUT2D eigenvalue weighted by Crippen LogP contribution is -2.48. The molecular weight excluding hydrogens is 458 g/mol. The van der Waals surface area contributed by atoms with E-state index in [-0.39, 0.29) is 31.9 Å². The van der Waals surface area contributed by atoms with Crippen LogP contribution in [0, 0.1) is 0 Å². The first kappa shape index (κ1) is 26.4. The monoisotopic (exact) mass is 489 g/mol. The van der Waals surface area contributed by atoms with Crippen LogP contribution >= 0.6 is 0 Å². The third-order valence-corrected chi connectivity index (χ3v) is 5.32. The van der Waals surface area contributed by atoms with Crippen LogP contribution in [0.1, 0.15) is 34.8 Å². The Hall–Kier alpha value is -4.17. The van der Waals surface area contributed by atoms with Crippen molar-refractivity contribution in [1.82, 2.24) is 10.6 Å². The van der Waals surface area contributed by atoms with E-state index in [1.165, 1.54) is 0 Å². The van der Waals surface area contributed by atoms with Crippen molar-refractivity contribution in [2.24, 2.45) is 5.73 Å². The second-order valence-electron chi connectivity index (χ2n) is 8.04. The summed E-state index contributed by atoms with van der Waals surface area (Å²) in [6, 6.07) is 22.7. The van der Waals surface area contributed by atoms with Crippen LogP contribution < -0.4 is 21.1 Å². The van der Waals surface area contributed by atoms with Crippen LogP contribution in [0.5, 0.6) is 11.5 Å². The maximum absolute atomic E-state index is 13.0. The topological polar surface area (TPSA) is 120 Å². The minimum Gasteiger partial charge on any atom is -0.466 e. The van der Waals surface area contributed by atoms with Crippen LogP contribution in [-0.4, -0.2) is 37.0 Å². The van der Waals surface area contributed by atoms with Crippen molar-refractivity contribution in [2.45, 2.75) is 32.4 Å². The Kier molecular flexibility index (Phi) is 10.0. The van der Waals surface area contributed by atoms with Gasteiger partial charge in [0.25, 0.3) is 5.91 Å². The minimum absolute atomic E-state index is 0.0429. The van der Waals surface area contributed by atoms with Gasteiger partial charge in [-0.05, 0) is 54.4 Å². The van der Waals surface area contributed by atoms with Gasteiger partial charge in [0.2, 0.25) is 5.91 Å². The molecule has 0 fully saturated rings. The van der Waals surface area contributed by atoms with E-state index in [0.29, 0.717) is 23.6 Å². The van der Waals surface area contributed by atoms with Gasteiger partial charge in [0.05, 0.1) is 13.0 Å². The molecule has 36 heavy (non-hydrogen) atoms. The summed E-state index contributed by atoms with van der Waals surface area (Å²) in [5.41, 5.74) is 7.74. The van der Waals surface area contributed by atoms with Gasteiger partial charge in [-0.2, -0.15) is 0 Å². The Balaban J connectivity index is 1.72. The van der Waals surface area contributed by atoms with Crippen molar-refractivity contribution >= 4 is 17.8 Å². The number of carbonyl (C=O) groups is 3. The fourth-order valence-corrected chi connectivity index (χ4v) is 3.48. The van der Waals surface area contributed by atoms with Gasteiger partial charge < -0.3 is 25.8 Å². The second kappa shape index (κ2) is 13.7. The molecule has 0 bridgehead atoms. The molecule has 3 aromatic rings. The van der Waals surface area contributed by atoms with Crippen molar-refractivity contribution in [2.75, 3.05) is 13.2 Å². The van der Waals surface area contributed by atoms with Gasteiger partial charge in [-0.25, -0.2) is 0 Å². The Labute approximate surface area is 210 Å². The molecule has 8 nitrogen and oxygen atoms in total. The third-order valence-electron chi connectivity index (χ3n) is 5.32. The predicted molar refractivity (Wildman–Crippen MR) is 137 cm³/mol. The van der Waals surface area contributed by atoms with E-state index in [9.17, 15) is 14.4 Å². The molecule has 8 heteroatoms. The summed E-state index contributed by atoms with van der Waals surface area (Å²) >= 11 is 0. The highest BCUT2D eigenvalue weighted by Crippen LogP contribution is 2.22. The maximum atomic E-state index is 13.0. The molecule has 0 heterocycles. The number of amides is 2. The number of esters is 1. The molecule has 3 rings (SSSR count). The molecule has 4 N–H and O–H groups in total. The van der Waals surface area contributed by atoms with Gasteiger partial charge in [-0.15, -0.1) is 0 Å². The predicted octanol–water partition coefficient (Wildman–Crippen LogP) is 3.35. The highest BCUT2D eigenvalue weighted by molar-refractivity contribution is 5.97. The number of hydrogen-bond donors (Lipinski definition) is 3. The summed E-state index contributed by atoms with van der Waals surface area (Å²) in [5.74, 6) is 0.117. The summed E-state index contributed by atoms with van der Waals surface area (Å²) in [7, 11) is 0. The number of benzene rings is 3. The summed E-state index contributed by atoms with van der Waals surface area (Å²) in [5, 5.41) is 5.53. The second-order valence-corrected chi connectivity index (χ2v) is 8.04. The molecule has 0 aliphatic heterocycles. The highest BCUT2D eigenvalue weighted by atomic mass is 16.5. The third kappa shape index (κ3) is 8.25. The van der Waals surface area contributed by atoms with E-state index < -0.39 is 17.9 Å². The van der Waals surface area contributed by atoms with Crippen LogP contribution in [0.4, 0.5) is 0 Å². The van der Waals surface area contributed by atoms with Gasteiger partial charge in [-0.3, -0.25) is 14.4 Å². The first-order chi connectivity index (χ1) is 17.5. The van der Waals surface area contributed by atoms with E-state index >= 15 is 0 Å². The lowest BCUT2D eigenvalue weighted by atomic mass is 10.0. The Morgan fingerprint density at radius 1 is 0.889 bits per heavy atom. The number of para-hydroxylation sites is 1. The van der Waals surface area contributed by atoms with Crippen molar-refractivity contribution in [1.29, 1.82) is 0 Å². The molecule has 0 aromatic heterocycles.